The van der Waals surface area contributed by atoms with Gasteiger partial charge in [-0.15, -0.1) is 0 Å². The Morgan fingerprint density at radius 1 is 1.39 bits per heavy atom. The lowest BCUT2D eigenvalue weighted by molar-refractivity contribution is 0.0944. The van der Waals surface area contributed by atoms with E-state index in [0.29, 0.717) is 0 Å². The molecule has 0 spiro atoms. The minimum atomic E-state index is -1.29. The number of aromatic nitrogens is 3. The highest BCUT2D eigenvalue weighted by atomic mass is 19.2. The molecule has 5 nitrogen and oxygen atoms in total. The molecule has 2 aromatic rings. The van der Waals surface area contributed by atoms with Crippen LogP contribution in [-0.2, 0) is 13.6 Å². The van der Waals surface area contributed by atoms with Gasteiger partial charge in [-0.05, 0) is 12.1 Å². The molecule has 0 aromatic carbocycles. The van der Waals surface area contributed by atoms with Crippen LogP contribution in [0.3, 0.4) is 0 Å². The number of hydrogen-bond donors (Lipinski definition) is 1. The Balaban J connectivity index is 2.09. The van der Waals surface area contributed by atoms with Crippen molar-refractivity contribution in [2.45, 2.75) is 6.54 Å². The van der Waals surface area contributed by atoms with E-state index in [9.17, 15) is 13.6 Å². The molecule has 2 heterocycles. The molecule has 0 aliphatic rings. The van der Waals surface area contributed by atoms with Gasteiger partial charge in [-0.25, -0.2) is 9.37 Å². The number of carbonyl (C=O) groups excluding carboxylic acids is 1. The molecule has 2 aromatic heterocycles. The smallest absolute Gasteiger partial charge is 0.254 e. The van der Waals surface area contributed by atoms with E-state index >= 15 is 0 Å². The Morgan fingerprint density at radius 2 is 2.17 bits per heavy atom. The molecule has 1 amide bonds. The van der Waals surface area contributed by atoms with E-state index in [0.717, 1.165) is 18.0 Å². The first-order valence-corrected chi connectivity index (χ1v) is 5.14. The first-order chi connectivity index (χ1) is 8.59. The van der Waals surface area contributed by atoms with Crippen LogP contribution in [0.4, 0.5) is 8.78 Å². The van der Waals surface area contributed by atoms with Gasteiger partial charge in [0.05, 0.1) is 17.8 Å². The fraction of sp³-hybridized carbons (Fsp3) is 0.182. The minimum absolute atomic E-state index is 0.179. The van der Waals surface area contributed by atoms with Gasteiger partial charge >= 0.3 is 0 Å². The van der Waals surface area contributed by atoms with Crippen molar-refractivity contribution in [1.29, 1.82) is 0 Å². The average molecular weight is 252 g/mol. The number of pyridine rings is 1. The van der Waals surface area contributed by atoms with Gasteiger partial charge in [-0.2, -0.15) is 9.49 Å². The SMILES string of the molecule is Cn1nccc1CNC(=O)c1ccnc(F)c1F. The molecule has 0 saturated heterocycles. The van der Waals surface area contributed by atoms with Gasteiger partial charge in [0.25, 0.3) is 5.91 Å². The van der Waals surface area contributed by atoms with E-state index in [2.05, 4.69) is 15.4 Å². The van der Waals surface area contributed by atoms with Crippen molar-refractivity contribution in [2.24, 2.45) is 7.05 Å². The van der Waals surface area contributed by atoms with Gasteiger partial charge in [0.1, 0.15) is 0 Å². The lowest BCUT2D eigenvalue weighted by atomic mass is 10.2. The van der Waals surface area contributed by atoms with E-state index in [1.807, 2.05) is 0 Å². The summed E-state index contributed by atoms with van der Waals surface area (Å²) in [6.07, 6.45) is 2.62. The number of aryl methyl sites for hydroxylation is 1. The van der Waals surface area contributed by atoms with Gasteiger partial charge in [0, 0.05) is 19.4 Å². The van der Waals surface area contributed by atoms with Crippen molar-refractivity contribution in [3.8, 4) is 0 Å². The number of nitrogens with zero attached hydrogens (tertiary/aromatic N) is 3. The summed E-state index contributed by atoms with van der Waals surface area (Å²) in [5.74, 6) is -3.24. The third kappa shape index (κ3) is 2.34. The van der Waals surface area contributed by atoms with E-state index in [1.165, 1.54) is 0 Å². The molecular formula is C11H10F2N4O. The monoisotopic (exact) mass is 252 g/mol. The topological polar surface area (TPSA) is 59.8 Å². The molecule has 0 aliphatic heterocycles. The first kappa shape index (κ1) is 12.2. The second kappa shape index (κ2) is 4.91. The largest absolute Gasteiger partial charge is 0.346 e. The zero-order valence-electron chi connectivity index (χ0n) is 9.52. The van der Waals surface area contributed by atoms with Crippen LogP contribution in [-0.4, -0.2) is 20.7 Å². The number of halogens is 2. The number of carbonyl (C=O) groups is 1. The van der Waals surface area contributed by atoms with E-state index in [1.54, 1.807) is 24.0 Å². The Hall–Kier alpha value is -2.31. The average Bonchev–Trinajstić information content (AvgIpc) is 2.75. The standard InChI is InChI=1S/C11H10F2N4O/c1-17-7(2-5-16-17)6-15-11(18)8-3-4-14-10(13)9(8)12/h2-5H,6H2,1H3,(H,15,18). The van der Waals surface area contributed by atoms with E-state index in [-0.39, 0.29) is 12.1 Å². The second-order valence-electron chi connectivity index (χ2n) is 3.59. The van der Waals surface area contributed by atoms with Crippen molar-refractivity contribution >= 4 is 5.91 Å². The highest BCUT2D eigenvalue weighted by Crippen LogP contribution is 2.08. The number of hydrogen-bond acceptors (Lipinski definition) is 3. The summed E-state index contributed by atoms with van der Waals surface area (Å²) in [6, 6.07) is 2.83. The third-order valence-corrected chi connectivity index (χ3v) is 2.44. The number of rotatable bonds is 3. The van der Waals surface area contributed by atoms with Crippen molar-refractivity contribution in [3.05, 3.63) is 47.5 Å². The molecule has 18 heavy (non-hydrogen) atoms. The normalized spacial score (nSPS) is 10.4. The molecule has 0 bridgehead atoms. The summed E-state index contributed by atoms with van der Waals surface area (Å²) in [6.45, 7) is 0.179. The highest BCUT2D eigenvalue weighted by molar-refractivity contribution is 5.94. The Morgan fingerprint density at radius 3 is 2.83 bits per heavy atom. The van der Waals surface area contributed by atoms with Crippen molar-refractivity contribution in [2.75, 3.05) is 0 Å². The lowest BCUT2D eigenvalue weighted by Crippen LogP contribution is -2.25. The summed E-state index contributed by atoms with van der Waals surface area (Å²) < 4.78 is 27.7. The second-order valence-corrected chi connectivity index (χ2v) is 3.59. The molecule has 0 fully saturated rings. The minimum Gasteiger partial charge on any atom is -0.346 e. The first-order valence-electron chi connectivity index (χ1n) is 5.14. The molecule has 0 unspecified atom stereocenters. The van der Waals surface area contributed by atoms with Crippen LogP contribution in [0.25, 0.3) is 0 Å². The molecule has 0 aliphatic carbocycles. The number of nitrogens with one attached hydrogen (secondary N) is 1. The van der Waals surface area contributed by atoms with Crippen LogP contribution in [0.2, 0.25) is 0 Å². The predicted octanol–water partition coefficient (Wildman–Crippen LogP) is 1.02. The van der Waals surface area contributed by atoms with Crippen molar-refractivity contribution < 1.29 is 13.6 Å². The van der Waals surface area contributed by atoms with Crippen molar-refractivity contribution in [3.63, 3.8) is 0 Å². The maximum atomic E-state index is 13.3. The van der Waals surface area contributed by atoms with Crippen LogP contribution in [0.5, 0.6) is 0 Å². The van der Waals surface area contributed by atoms with Gasteiger partial charge in [0.15, 0.2) is 5.82 Å². The molecule has 7 heteroatoms. The highest BCUT2D eigenvalue weighted by Gasteiger charge is 2.15. The summed E-state index contributed by atoms with van der Waals surface area (Å²) in [5, 5.41) is 6.40. The van der Waals surface area contributed by atoms with Crippen molar-refractivity contribution in [1.82, 2.24) is 20.1 Å². The predicted molar refractivity (Wildman–Crippen MR) is 58.5 cm³/mol. The van der Waals surface area contributed by atoms with E-state index in [4.69, 9.17) is 0 Å². The van der Waals surface area contributed by atoms with Crippen LogP contribution in [0, 0.1) is 11.8 Å². The quantitative estimate of drug-likeness (QED) is 0.830. The molecule has 94 valence electrons. The Labute approximate surface area is 101 Å². The van der Waals surface area contributed by atoms with Crippen LogP contribution in [0.1, 0.15) is 16.1 Å². The molecule has 1 N–H and O–H groups in total. The molecule has 0 radical (unpaired) electrons. The maximum absolute atomic E-state index is 13.3. The number of amides is 1. The summed E-state index contributed by atoms with van der Waals surface area (Å²) in [7, 11) is 1.72. The lowest BCUT2D eigenvalue weighted by Gasteiger charge is -2.06. The summed E-state index contributed by atoms with van der Waals surface area (Å²) in [5.41, 5.74) is 0.378. The van der Waals surface area contributed by atoms with Gasteiger partial charge in [0.2, 0.25) is 5.95 Å². The summed E-state index contributed by atoms with van der Waals surface area (Å²) >= 11 is 0. The third-order valence-electron chi connectivity index (χ3n) is 2.44. The van der Waals surface area contributed by atoms with Gasteiger partial charge in [-0.3, -0.25) is 9.48 Å². The maximum Gasteiger partial charge on any atom is 0.254 e. The van der Waals surface area contributed by atoms with Gasteiger partial charge in [-0.1, -0.05) is 0 Å². The molecule has 0 saturated carbocycles. The zero-order valence-corrected chi connectivity index (χ0v) is 9.52. The van der Waals surface area contributed by atoms with Crippen LogP contribution < -0.4 is 5.32 Å². The van der Waals surface area contributed by atoms with Gasteiger partial charge < -0.3 is 5.32 Å². The van der Waals surface area contributed by atoms with Crippen LogP contribution >= 0.6 is 0 Å². The summed E-state index contributed by atoms with van der Waals surface area (Å²) in [4.78, 5) is 14.8. The molecule has 0 atom stereocenters. The fourth-order valence-electron chi connectivity index (χ4n) is 1.43. The zero-order chi connectivity index (χ0) is 13.1. The van der Waals surface area contributed by atoms with Crippen LogP contribution in [0.15, 0.2) is 24.5 Å². The molecule has 2 rings (SSSR count). The Bertz CT molecular complexity index is 582. The molecular weight excluding hydrogens is 242 g/mol. The van der Waals surface area contributed by atoms with E-state index < -0.39 is 17.7 Å². The Kier molecular flexibility index (Phi) is 3.31. The fourth-order valence-corrected chi connectivity index (χ4v) is 1.43.